The average Bonchev–Trinajstić information content (AvgIpc) is 3.30. The number of hydrogen-bond acceptors (Lipinski definition) is 5. The molecule has 4 atom stereocenters. The molecule has 6 rings (SSSR count). The van der Waals surface area contributed by atoms with Crippen molar-refractivity contribution in [1.82, 2.24) is 14.5 Å². The van der Waals surface area contributed by atoms with Crippen LogP contribution in [0.25, 0.3) is 10.9 Å². The Kier molecular flexibility index (Phi) is 4.35. The molecule has 184 valence electrons. The quantitative estimate of drug-likeness (QED) is 0.564. The highest BCUT2D eigenvalue weighted by Crippen LogP contribution is 2.66. The Bertz CT molecular complexity index is 1560. The summed E-state index contributed by atoms with van der Waals surface area (Å²) in [5, 5.41) is 12.9. The Morgan fingerprint density at radius 3 is 2.53 bits per heavy atom. The zero-order chi connectivity index (χ0) is 25.8. The number of rotatable bonds is 2. The maximum atomic E-state index is 14.1. The molecule has 0 unspecified atom stereocenters. The van der Waals surface area contributed by atoms with Gasteiger partial charge < -0.3 is 5.11 Å². The van der Waals surface area contributed by atoms with Crippen LogP contribution in [-0.4, -0.2) is 37.5 Å². The first-order valence-electron chi connectivity index (χ1n) is 12.1. The third kappa shape index (κ3) is 2.38. The normalized spacial score (nSPS) is 28.5. The number of amides is 2. The predicted molar refractivity (Wildman–Crippen MR) is 135 cm³/mol. The van der Waals surface area contributed by atoms with Crippen LogP contribution in [0.15, 0.2) is 66.0 Å². The number of fused-ring (bicyclic) bond motifs is 8. The fourth-order valence-corrected chi connectivity index (χ4v) is 6.77. The van der Waals surface area contributed by atoms with Gasteiger partial charge in [-0.3, -0.25) is 28.8 Å². The van der Waals surface area contributed by atoms with Crippen molar-refractivity contribution < 1.29 is 14.7 Å². The van der Waals surface area contributed by atoms with E-state index >= 15 is 0 Å². The lowest BCUT2D eigenvalue weighted by Gasteiger charge is -2.46. The van der Waals surface area contributed by atoms with E-state index in [1.54, 1.807) is 36.1 Å². The number of allylic oxidation sites excluding steroid dienone is 1. The number of aliphatic hydroxyl groups is 1. The second kappa shape index (κ2) is 6.91. The Hall–Kier alpha value is -3.78. The van der Waals surface area contributed by atoms with E-state index in [2.05, 4.69) is 6.58 Å². The van der Waals surface area contributed by atoms with E-state index in [1.807, 2.05) is 44.2 Å². The zero-order valence-corrected chi connectivity index (χ0v) is 20.7. The van der Waals surface area contributed by atoms with E-state index in [9.17, 15) is 19.5 Å². The standard InChI is InChI=1S/C28H28N4O4/c1-6-26(4,5)27-15-28(36)24-29-20-13-9-7-11-18(20)23(35)30(24)16(2)22(34)32(28)25(27)31(17(3)33)21-14-10-8-12-19(21)27/h6-14,16,25,36H,1,15H2,2-5H3/t16-,25+,27-,28-/m1/s1. The van der Waals surface area contributed by atoms with Gasteiger partial charge in [-0.1, -0.05) is 50.3 Å². The first-order chi connectivity index (χ1) is 17.0. The van der Waals surface area contributed by atoms with Gasteiger partial charge >= 0.3 is 0 Å². The summed E-state index contributed by atoms with van der Waals surface area (Å²) in [7, 11) is 0. The zero-order valence-electron chi connectivity index (χ0n) is 20.7. The number of carbonyl (C=O) groups excluding carboxylic acids is 2. The van der Waals surface area contributed by atoms with Gasteiger partial charge in [0.1, 0.15) is 12.2 Å². The Balaban J connectivity index is 1.74. The minimum atomic E-state index is -1.92. The smallest absolute Gasteiger partial charge is 0.262 e. The van der Waals surface area contributed by atoms with Crippen molar-refractivity contribution in [3.8, 4) is 0 Å². The molecule has 1 saturated heterocycles. The Labute approximate surface area is 208 Å². The molecule has 1 N–H and O–H groups in total. The van der Waals surface area contributed by atoms with E-state index in [1.165, 1.54) is 16.4 Å². The second-order valence-electron chi connectivity index (χ2n) is 10.7. The Morgan fingerprint density at radius 1 is 1.17 bits per heavy atom. The van der Waals surface area contributed by atoms with Crippen molar-refractivity contribution in [2.45, 2.75) is 57.5 Å². The maximum absolute atomic E-state index is 14.1. The van der Waals surface area contributed by atoms with Gasteiger partial charge in [-0.2, -0.15) is 0 Å². The molecule has 3 aliphatic heterocycles. The topological polar surface area (TPSA) is 95.7 Å². The summed E-state index contributed by atoms with van der Waals surface area (Å²) >= 11 is 0. The van der Waals surface area contributed by atoms with Crippen molar-refractivity contribution in [2.75, 3.05) is 4.90 Å². The predicted octanol–water partition coefficient (Wildman–Crippen LogP) is 3.19. The summed E-state index contributed by atoms with van der Waals surface area (Å²) < 4.78 is 1.32. The van der Waals surface area contributed by atoms with Crippen LogP contribution in [0.4, 0.5) is 5.69 Å². The largest absolute Gasteiger partial charge is 0.364 e. The summed E-state index contributed by atoms with van der Waals surface area (Å²) in [6.07, 6.45) is 1.04. The highest BCUT2D eigenvalue weighted by Gasteiger charge is 2.74. The van der Waals surface area contributed by atoms with Gasteiger partial charge in [0.2, 0.25) is 17.5 Å². The van der Waals surface area contributed by atoms with Gasteiger partial charge in [-0.15, -0.1) is 6.58 Å². The number of aromatic nitrogens is 2. The van der Waals surface area contributed by atoms with Gasteiger partial charge in [0.15, 0.2) is 5.82 Å². The fourth-order valence-electron chi connectivity index (χ4n) is 6.77. The van der Waals surface area contributed by atoms with E-state index in [4.69, 9.17) is 4.98 Å². The number of para-hydroxylation sites is 2. The molecule has 0 aliphatic carbocycles. The van der Waals surface area contributed by atoms with Gasteiger partial charge in [0.05, 0.1) is 16.3 Å². The molecule has 4 heterocycles. The monoisotopic (exact) mass is 484 g/mol. The van der Waals surface area contributed by atoms with Crippen molar-refractivity contribution in [3.05, 3.63) is 82.9 Å². The minimum absolute atomic E-state index is 0.0493. The highest BCUT2D eigenvalue weighted by atomic mass is 16.3. The first-order valence-corrected chi connectivity index (χ1v) is 12.1. The molecule has 3 aliphatic rings. The maximum Gasteiger partial charge on any atom is 0.262 e. The lowest BCUT2D eigenvalue weighted by molar-refractivity contribution is -0.172. The van der Waals surface area contributed by atoms with Crippen molar-refractivity contribution in [1.29, 1.82) is 0 Å². The van der Waals surface area contributed by atoms with Crippen molar-refractivity contribution in [3.63, 3.8) is 0 Å². The summed E-state index contributed by atoms with van der Waals surface area (Å²) in [5.41, 5.74) is -1.84. The average molecular weight is 485 g/mol. The van der Waals surface area contributed by atoms with Crippen LogP contribution in [0, 0.1) is 5.41 Å². The summed E-state index contributed by atoms with van der Waals surface area (Å²) in [4.78, 5) is 48.6. The lowest BCUT2D eigenvalue weighted by Crippen LogP contribution is -2.63. The van der Waals surface area contributed by atoms with E-state index < -0.39 is 34.7 Å². The molecular formula is C28H28N4O4. The van der Waals surface area contributed by atoms with Crippen molar-refractivity contribution >= 4 is 28.4 Å². The van der Waals surface area contributed by atoms with E-state index in [0.717, 1.165) is 5.56 Å². The molecule has 8 nitrogen and oxygen atoms in total. The molecule has 3 aromatic rings. The van der Waals surface area contributed by atoms with Crippen LogP contribution >= 0.6 is 0 Å². The molecule has 1 aromatic heterocycles. The van der Waals surface area contributed by atoms with Crippen LogP contribution in [0.1, 0.15) is 51.5 Å². The number of nitrogens with zero attached hydrogens (tertiary/aromatic N) is 4. The minimum Gasteiger partial charge on any atom is -0.364 e. The van der Waals surface area contributed by atoms with E-state index in [0.29, 0.717) is 16.6 Å². The molecular weight excluding hydrogens is 456 g/mol. The molecule has 2 aromatic carbocycles. The molecule has 36 heavy (non-hydrogen) atoms. The molecule has 1 fully saturated rings. The van der Waals surface area contributed by atoms with Gasteiger partial charge in [-0.05, 0) is 36.1 Å². The van der Waals surface area contributed by atoms with E-state index in [-0.39, 0.29) is 23.7 Å². The SMILES string of the molecule is C=CC(C)(C)[C@@]12C[C@@]3(O)c4nc5ccccc5c(=O)n4[C@H](C)C(=O)N3[C@@H]1N(C(C)=O)c1ccccc12. The summed E-state index contributed by atoms with van der Waals surface area (Å²) in [6.45, 7) is 11.2. The number of hydrogen-bond donors (Lipinski definition) is 1. The lowest BCUT2D eigenvalue weighted by atomic mass is 9.60. The second-order valence-corrected chi connectivity index (χ2v) is 10.7. The number of benzene rings is 2. The molecule has 8 heteroatoms. The number of anilines is 1. The fraction of sp³-hybridized carbons (Fsp3) is 0.357. The van der Waals surface area contributed by atoms with Crippen LogP contribution in [0.5, 0.6) is 0 Å². The van der Waals surface area contributed by atoms with Crippen LogP contribution in [0.2, 0.25) is 0 Å². The molecule has 2 amide bonds. The first kappa shape index (κ1) is 22.7. The van der Waals surface area contributed by atoms with Crippen molar-refractivity contribution in [2.24, 2.45) is 5.41 Å². The Morgan fingerprint density at radius 2 is 1.83 bits per heavy atom. The summed E-state index contributed by atoms with van der Waals surface area (Å²) in [5.74, 6) is -0.559. The molecule has 0 saturated carbocycles. The van der Waals surface area contributed by atoms with Crippen LogP contribution in [0.3, 0.4) is 0 Å². The van der Waals surface area contributed by atoms with Crippen LogP contribution in [-0.2, 0) is 20.7 Å². The van der Waals surface area contributed by atoms with Gasteiger partial charge in [0.25, 0.3) is 5.56 Å². The van der Waals surface area contributed by atoms with Gasteiger partial charge in [-0.25, -0.2) is 4.98 Å². The highest BCUT2D eigenvalue weighted by molar-refractivity contribution is 5.98. The molecule has 0 spiro atoms. The van der Waals surface area contributed by atoms with Crippen LogP contribution < -0.4 is 10.5 Å². The third-order valence-corrected chi connectivity index (χ3v) is 8.65. The third-order valence-electron chi connectivity index (χ3n) is 8.65. The molecule has 0 radical (unpaired) electrons. The van der Waals surface area contributed by atoms with Gasteiger partial charge in [0, 0.05) is 19.0 Å². The molecule has 0 bridgehead atoms. The summed E-state index contributed by atoms with van der Waals surface area (Å²) in [6, 6.07) is 13.6. The number of carbonyl (C=O) groups is 2.